The van der Waals surface area contributed by atoms with Gasteiger partial charge in [-0.1, -0.05) is 39.0 Å². The molecule has 0 unspecified atom stereocenters. The monoisotopic (exact) mass is 226 g/mol. The molecule has 0 aromatic heterocycles. The van der Waals surface area contributed by atoms with E-state index in [-0.39, 0.29) is 0 Å². The molecule has 12 heavy (non-hydrogen) atoms. The van der Waals surface area contributed by atoms with E-state index in [4.69, 9.17) is 23.9 Å². The number of halogens is 2. The van der Waals surface area contributed by atoms with E-state index in [9.17, 15) is 0 Å². The first-order valence-corrected chi connectivity index (χ1v) is 8.63. The molecule has 0 N–H and O–H groups in total. The molecule has 0 aliphatic heterocycles. The molecule has 0 fully saturated rings. The zero-order valence-electron chi connectivity index (χ0n) is 7.69. The van der Waals surface area contributed by atoms with Crippen LogP contribution >= 0.6 is 20.1 Å². The van der Waals surface area contributed by atoms with Crippen molar-refractivity contribution in [2.75, 3.05) is 6.61 Å². The average Bonchev–Trinajstić information content (AvgIpc) is 2.02. The van der Waals surface area contributed by atoms with E-state index in [2.05, 4.69) is 6.92 Å². The summed E-state index contributed by atoms with van der Waals surface area (Å²) in [5.41, 5.74) is 0. The van der Waals surface area contributed by atoms with Crippen LogP contribution in [0.2, 0.25) is 0 Å². The van der Waals surface area contributed by atoms with Gasteiger partial charge < -0.3 is 3.79 Å². The molecule has 72 valence electrons. The second-order valence-corrected chi connectivity index (χ2v) is 6.80. The van der Waals surface area contributed by atoms with Gasteiger partial charge in [0, 0.05) is 6.61 Å². The Morgan fingerprint density at radius 3 is 2.17 bits per heavy atom. The molecule has 0 spiro atoms. The van der Waals surface area contributed by atoms with Crippen LogP contribution in [0, 0.1) is 0 Å². The van der Waals surface area contributed by atoms with Crippen LogP contribution in [-0.4, -0.2) is 19.2 Å². The van der Waals surface area contributed by atoms with E-state index in [0.29, 0.717) is 0 Å². The van der Waals surface area contributed by atoms with Crippen molar-refractivity contribution in [3.05, 3.63) is 0 Å². The third-order valence-electron chi connectivity index (χ3n) is 1.74. The summed E-state index contributed by atoms with van der Waals surface area (Å²) < 4.78 is 5.12. The Labute approximate surface area is 88.5 Å². The Morgan fingerprint density at radius 2 is 1.58 bits per heavy atom. The molecule has 0 rings (SSSR count). The zero-order valence-corrected chi connectivity index (χ0v) is 10.4. The van der Waals surface area contributed by atoms with Crippen LogP contribution in [-0.2, 0) is 3.79 Å². The molecule has 4 heteroatoms. The first-order valence-electron chi connectivity index (χ1n) is 4.67. The van der Waals surface area contributed by atoms with E-state index >= 15 is 0 Å². The molecule has 0 atom stereocenters. The lowest BCUT2D eigenvalue weighted by molar-refractivity contribution is 0.324. The summed E-state index contributed by atoms with van der Waals surface area (Å²) in [6.07, 6.45) is 7.66. The van der Waals surface area contributed by atoms with Crippen molar-refractivity contribution in [3.63, 3.8) is 0 Å². The maximum Gasteiger partial charge on any atom is 0.725 e. The molecular formula is C8H17AlCl2O. The maximum atomic E-state index is 5.52. The number of rotatable bonds is 8. The van der Waals surface area contributed by atoms with Gasteiger partial charge in [0.25, 0.3) is 0 Å². The van der Waals surface area contributed by atoms with Crippen LogP contribution in [0.3, 0.4) is 0 Å². The van der Waals surface area contributed by atoms with Crippen LogP contribution in [0.4, 0.5) is 0 Å². The van der Waals surface area contributed by atoms with Crippen molar-refractivity contribution < 1.29 is 3.79 Å². The van der Waals surface area contributed by atoms with Gasteiger partial charge in [-0.2, -0.15) is 20.1 Å². The van der Waals surface area contributed by atoms with E-state index < -0.39 is 12.6 Å². The smallest absolute Gasteiger partial charge is 0.477 e. The molecule has 1 nitrogen and oxygen atoms in total. The molecule has 0 radical (unpaired) electrons. The standard InChI is InChI=1S/C8H17O.Al.2ClH/c1-2-3-4-5-6-7-8-9;;;/h2-8H2,1H3;;2*1H/q-1;+3;;/p-2. The summed E-state index contributed by atoms with van der Waals surface area (Å²) in [6.45, 7) is 2.97. The van der Waals surface area contributed by atoms with Crippen molar-refractivity contribution in [1.82, 2.24) is 0 Å². The lowest BCUT2D eigenvalue weighted by Gasteiger charge is -2.02. The van der Waals surface area contributed by atoms with Gasteiger partial charge in [-0.3, -0.25) is 0 Å². The molecule has 0 aromatic rings. The van der Waals surface area contributed by atoms with Crippen molar-refractivity contribution in [2.45, 2.75) is 45.4 Å². The van der Waals surface area contributed by atoms with Crippen molar-refractivity contribution in [3.8, 4) is 0 Å². The van der Waals surface area contributed by atoms with Gasteiger partial charge in [-0.05, 0) is 6.42 Å². The number of hydrogen-bond donors (Lipinski definition) is 0. The summed E-state index contributed by atoms with van der Waals surface area (Å²) in [7, 11) is 11.0. The Hall–Kier alpha value is 1.07. The Kier molecular flexibility index (Phi) is 11.1. The van der Waals surface area contributed by atoms with E-state index in [0.717, 1.165) is 13.0 Å². The minimum Gasteiger partial charge on any atom is -0.477 e. The van der Waals surface area contributed by atoms with Crippen molar-refractivity contribution in [1.29, 1.82) is 0 Å². The lowest BCUT2D eigenvalue weighted by atomic mass is 10.1. The summed E-state index contributed by atoms with van der Waals surface area (Å²) in [5.74, 6) is 0. The third kappa shape index (κ3) is 11.1. The van der Waals surface area contributed by atoms with E-state index in [1.807, 2.05) is 0 Å². The Morgan fingerprint density at radius 1 is 1.00 bits per heavy atom. The predicted octanol–water partition coefficient (Wildman–Crippen LogP) is 3.83. The van der Waals surface area contributed by atoms with Gasteiger partial charge >= 0.3 is 12.6 Å². The molecule has 0 aromatic carbocycles. The van der Waals surface area contributed by atoms with Crippen molar-refractivity contribution >= 4 is 32.7 Å². The van der Waals surface area contributed by atoms with Gasteiger partial charge in [0.1, 0.15) is 0 Å². The lowest BCUT2D eigenvalue weighted by Crippen LogP contribution is -2.03. The van der Waals surface area contributed by atoms with Crippen LogP contribution in [0.5, 0.6) is 0 Å². The molecule has 0 bridgehead atoms. The maximum absolute atomic E-state index is 5.52. The zero-order chi connectivity index (χ0) is 9.23. The SMILES string of the molecule is CCCCCCCC[O][Al]([Cl])[Cl]. The second-order valence-electron chi connectivity index (χ2n) is 2.90. The molecule has 0 saturated carbocycles. The summed E-state index contributed by atoms with van der Waals surface area (Å²) in [4.78, 5) is 0. The predicted molar refractivity (Wildman–Crippen MR) is 56.8 cm³/mol. The van der Waals surface area contributed by atoms with E-state index in [1.54, 1.807) is 0 Å². The Balaban J connectivity index is 2.82. The van der Waals surface area contributed by atoms with E-state index in [1.165, 1.54) is 32.1 Å². The van der Waals surface area contributed by atoms with Gasteiger partial charge in [0.05, 0.1) is 0 Å². The number of unbranched alkanes of at least 4 members (excludes halogenated alkanes) is 5. The minimum atomic E-state index is -1.79. The minimum absolute atomic E-state index is 0.746. The average molecular weight is 227 g/mol. The largest absolute Gasteiger partial charge is 0.725 e. The Bertz CT molecular complexity index is 91.1. The molecule has 0 heterocycles. The highest BCUT2D eigenvalue weighted by Crippen LogP contribution is 2.06. The summed E-state index contributed by atoms with van der Waals surface area (Å²) in [6, 6.07) is 0. The van der Waals surface area contributed by atoms with Crippen LogP contribution in [0.1, 0.15) is 45.4 Å². The quantitative estimate of drug-likeness (QED) is 0.452. The summed E-state index contributed by atoms with van der Waals surface area (Å²) >= 11 is -1.79. The third-order valence-corrected chi connectivity index (χ3v) is 2.99. The van der Waals surface area contributed by atoms with Gasteiger partial charge in [-0.15, -0.1) is 0 Å². The summed E-state index contributed by atoms with van der Waals surface area (Å²) in [5, 5.41) is 0. The highest BCUT2D eigenvalue weighted by Gasteiger charge is 2.12. The van der Waals surface area contributed by atoms with Crippen LogP contribution < -0.4 is 0 Å². The first kappa shape index (κ1) is 13.1. The normalized spacial score (nSPS) is 10.2. The fourth-order valence-electron chi connectivity index (χ4n) is 1.05. The number of hydrogen-bond acceptors (Lipinski definition) is 1. The molecule has 0 amide bonds. The fraction of sp³-hybridized carbons (Fsp3) is 1.00. The van der Waals surface area contributed by atoms with Crippen LogP contribution in [0.15, 0.2) is 0 Å². The first-order chi connectivity index (χ1) is 5.77. The fourth-order valence-corrected chi connectivity index (χ4v) is 1.93. The highest BCUT2D eigenvalue weighted by atomic mass is 35.7. The molecule has 0 aliphatic carbocycles. The molecule has 0 aliphatic rings. The second kappa shape index (κ2) is 10.2. The van der Waals surface area contributed by atoms with Crippen LogP contribution in [0.25, 0.3) is 0 Å². The topological polar surface area (TPSA) is 9.23 Å². The van der Waals surface area contributed by atoms with Gasteiger partial charge in [-0.25, -0.2) is 0 Å². The van der Waals surface area contributed by atoms with Crippen molar-refractivity contribution in [2.24, 2.45) is 0 Å². The molecular weight excluding hydrogens is 210 g/mol. The highest BCUT2D eigenvalue weighted by molar-refractivity contribution is 7.30. The van der Waals surface area contributed by atoms with Gasteiger partial charge in [0.15, 0.2) is 0 Å². The van der Waals surface area contributed by atoms with Gasteiger partial charge in [0.2, 0.25) is 0 Å². The molecule has 0 saturated heterocycles.